The third-order valence-electron chi connectivity index (χ3n) is 1.79. The molecule has 0 saturated heterocycles. The molecule has 10 heteroatoms. The number of hydrogen-bond donors (Lipinski definition) is 3. The number of carboxylic acids is 1. The monoisotopic (exact) mass is 310 g/mol. The molecule has 0 aromatic rings. The average molecular weight is 310 g/mol. The van der Waals surface area contributed by atoms with Gasteiger partial charge in [0.2, 0.25) is 0 Å². The van der Waals surface area contributed by atoms with Gasteiger partial charge in [-0.2, -0.15) is 0 Å². The quantitative estimate of drug-likeness (QED) is 0.217. The maximum absolute atomic E-state index is 11.9. The van der Waals surface area contributed by atoms with Gasteiger partial charge in [-0.1, -0.05) is 6.92 Å². The molecule has 19 heavy (non-hydrogen) atoms. The fourth-order valence-electron chi connectivity index (χ4n) is 0.782. The number of phosphoric ester groups is 1. The first-order chi connectivity index (χ1) is 8.43. The van der Waals surface area contributed by atoms with Crippen LogP contribution >= 0.6 is 7.82 Å². The summed E-state index contributed by atoms with van der Waals surface area (Å²) in [7, 11) is -4.02. The van der Waals surface area contributed by atoms with Crippen LogP contribution in [0.2, 0.25) is 0 Å². The van der Waals surface area contributed by atoms with Crippen LogP contribution in [0, 0.1) is 0 Å². The Morgan fingerprint density at radius 2 is 2.00 bits per heavy atom. The van der Waals surface area contributed by atoms with Gasteiger partial charge in [0, 0.05) is 6.61 Å². The van der Waals surface area contributed by atoms with Gasteiger partial charge in [-0.3, -0.25) is 13.6 Å². The predicted molar refractivity (Wildman–Crippen MR) is 62.2 cm³/mol. The van der Waals surface area contributed by atoms with Crippen molar-refractivity contribution in [3.05, 3.63) is 0 Å². The van der Waals surface area contributed by atoms with Crippen LogP contribution < -0.4 is 29.6 Å². The minimum atomic E-state index is -4.02. The smallest absolute Gasteiger partial charge is 1.00 e. The molecule has 0 aromatic carbocycles. The summed E-state index contributed by atoms with van der Waals surface area (Å²) in [6.45, 7) is 0.307. The summed E-state index contributed by atoms with van der Waals surface area (Å²) < 4.78 is 26.0. The Labute approximate surface area is 135 Å². The van der Waals surface area contributed by atoms with Crippen molar-refractivity contribution < 1.29 is 69.2 Å². The first-order valence-corrected chi connectivity index (χ1v) is 6.94. The first kappa shape index (κ1) is 21.8. The largest absolute Gasteiger partial charge is 1.00 e. The van der Waals surface area contributed by atoms with Crippen LogP contribution in [0.5, 0.6) is 0 Å². The number of rotatable bonds is 11. The zero-order valence-electron chi connectivity index (χ0n) is 12.2. The number of phosphoric acid groups is 1. The third kappa shape index (κ3) is 12.0. The maximum Gasteiger partial charge on any atom is 1.00 e. The van der Waals surface area contributed by atoms with Gasteiger partial charge in [-0.25, -0.2) is 9.36 Å². The molecule has 0 heterocycles. The van der Waals surface area contributed by atoms with Crippen molar-refractivity contribution in [1.82, 2.24) is 0 Å². The normalized spacial score (nSPS) is 15.3. The number of carboxylic acid groups (broad SMARTS) is 1. The molecule has 0 radical (unpaired) electrons. The fraction of sp³-hybridized carbons (Fsp3) is 0.889. The number of aliphatic carboxylic acids is 1. The Bertz CT molecular complexity index is 293. The summed E-state index contributed by atoms with van der Waals surface area (Å²) in [4.78, 5) is 10.3. The summed E-state index contributed by atoms with van der Waals surface area (Å²) in [6.07, 6.45) is -0.247. The molecule has 0 saturated carbocycles. The number of carbonyl (C=O) groups is 1. The summed E-state index contributed by atoms with van der Waals surface area (Å²) in [5.74, 6) is -1.32. The zero-order valence-corrected chi connectivity index (χ0v) is 14.0. The van der Waals surface area contributed by atoms with Gasteiger partial charge in [-0.05, 0) is 12.8 Å². The fourth-order valence-corrected chi connectivity index (χ4v) is 1.98. The minimum absolute atomic E-state index is 0. The van der Waals surface area contributed by atoms with E-state index in [1.165, 1.54) is 0 Å². The van der Waals surface area contributed by atoms with E-state index in [4.69, 9.17) is 19.3 Å². The van der Waals surface area contributed by atoms with E-state index in [9.17, 15) is 14.5 Å². The van der Waals surface area contributed by atoms with Gasteiger partial charge in [0.1, 0.15) is 0 Å². The summed E-state index contributed by atoms with van der Waals surface area (Å²) in [5, 5.41) is 26.2. The summed E-state index contributed by atoms with van der Waals surface area (Å²) >= 11 is 0. The molecule has 2 unspecified atom stereocenters. The van der Waals surface area contributed by atoms with E-state index in [0.717, 1.165) is 0 Å². The van der Waals surface area contributed by atoms with E-state index in [0.29, 0.717) is 6.42 Å². The van der Waals surface area contributed by atoms with E-state index < -0.39 is 26.5 Å². The van der Waals surface area contributed by atoms with Crippen molar-refractivity contribution in [2.24, 2.45) is 0 Å². The van der Waals surface area contributed by atoms with Gasteiger partial charge in [0.25, 0.3) is 0 Å². The van der Waals surface area contributed by atoms with Gasteiger partial charge in [-0.15, -0.1) is 0 Å². The SMILES string of the molecule is CCC(O)COP(=O)(OCCCO)OCC(=O)O.[H-].[Na+]. The van der Waals surface area contributed by atoms with E-state index in [1.807, 2.05) is 0 Å². The van der Waals surface area contributed by atoms with Gasteiger partial charge in [0.05, 0.1) is 19.3 Å². The Morgan fingerprint density at radius 1 is 1.37 bits per heavy atom. The second-order valence-corrected chi connectivity index (χ2v) is 5.05. The summed E-state index contributed by atoms with van der Waals surface area (Å²) in [6, 6.07) is 0. The number of aliphatic hydroxyl groups excluding tert-OH is 2. The molecule has 3 N–H and O–H groups in total. The second kappa shape index (κ2) is 12.3. The van der Waals surface area contributed by atoms with Crippen molar-refractivity contribution in [3.63, 3.8) is 0 Å². The molecule has 110 valence electrons. The Kier molecular flexibility index (Phi) is 14.1. The molecule has 2 atom stereocenters. The standard InChI is InChI=1S/C9H19O8P.Na.H/c1-2-8(11)6-16-18(14,15-5-3-4-10)17-7-9(12)13;;/h8,10-11H,2-7H2,1H3,(H,12,13);;/q;+1;-1. The van der Waals surface area contributed by atoms with Crippen LogP contribution in [0.4, 0.5) is 0 Å². The van der Waals surface area contributed by atoms with E-state index in [2.05, 4.69) is 4.52 Å². The predicted octanol–water partition coefficient (Wildman–Crippen LogP) is -2.50. The topological polar surface area (TPSA) is 123 Å². The van der Waals surface area contributed by atoms with Crippen LogP contribution in [0.15, 0.2) is 0 Å². The van der Waals surface area contributed by atoms with Crippen LogP contribution in [0.1, 0.15) is 21.2 Å². The molecule has 0 rings (SSSR count). The van der Waals surface area contributed by atoms with Gasteiger partial charge in [0.15, 0.2) is 6.61 Å². The zero-order chi connectivity index (χ0) is 14.0. The van der Waals surface area contributed by atoms with Crippen molar-refractivity contribution >= 4 is 13.8 Å². The maximum atomic E-state index is 11.9. The molecule has 0 aliphatic rings. The molecule has 0 aromatic heterocycles. The van der Waals surface area contributed by atoms with Crippen molar-refractivity contribution in [1.29, 1.82) is 0 Å². The molecule has 0 aliphatic carbocycles. The number of hydrogen-bond acceptors (Lipinski definition) is 7. The molecular formula is C9H20NaO8P. The molecule has 0 fully saturated rings. The van der Waals surface area contributed by atoms with E-state index in [-0.39, 0.29) is 57.2 Å². The molecule has 8 nitrogen and oxygen atoms in total. The van der Waals surface area contributed by atoms with Gasteiger partial charge >= 0.3 is 43.3 Å². The van der Waals surface area contributed by atoms with Crippen LogP contribution in [0.3, 0.4) is 0 Å². The Hall–Kier alpha value is 0.500. The van der Waals surface area contributed by atoms with Crippen molar-refractivity contribution in [2.75, 3.05) is 26.4 Å². The summed E-state index contributed by atoms with van der Waals surface area (Å²) in [5.41, 5.74) is 0. The minimum Gasteiger partial charge on any atom is -1.00 e. The van der Waals surface area contributed by atoms with Crippen LogP contribution in [-0.4, -0.2) is 53.8 Å². The van der Waals surface area contributed by atoms with Crippen LogP contribution in [0.25, 0.3) is 0 Å². The van der Waals surface area contributed by atoms with Gasteiger partial charge < -0.3 is 16.7 Å². The van der Waals surface area contributed by atoms with E-state index >= 15 is 0 Å². The first-order valence-electron chi connectivity index (χ1n) is 5.48. The average Bonchev–Trinajstić information content (AvgIpc) is 2.34. The molecular weight excluding hydrogens is 290 g/mol. The second-order valence-electron chi connectivity index (χ2n) is 3.38. The molecule has 0 spiro atoms. The number of aliphatic hydroxyl groups is 2. The molecule has 0 aliphatic heterocycles. The van der Waals surface area contributed by atoms with Crippen molar-refractivity contribution in [3.8, 4) is 0 Å². The van der Waals surface area contributed by atoms with E-state index in [1.54, 1.807) is 6.92 Å². The third-order valence-corrected chi connectivity index (χ3v) is 3.20. The van der Waals surface area contributed by atoms with Crippen molar-refractivity contribution in [2.45, 2.75) is 25.9 Å². The molecule has 0 amide bonds. The Balaban J connectivity index is -0.00000144. The molecule has 0 bridgehead atoms. The van der Waals surface area contributed by atoms with Crippen LogP contribution in [-0.2, 0) is 22.9 Å². The Morgan fingerprint density at radius 3 is 2.47 bits per heavy atom.